The van der Waals surface area contributed by atoms with Crippen molar-refractivity contribution in [3.05, 3.63) is 53.8 Å². The SMILES string of the molecule is CCOc1cc(CN(C(=O)Nc2ccccc2F)C2CC2)ccc1OC(F)F. The lowest BCUT2D eigenvalue weighted by Gasteiger charge is -2.24. The van der Waals surface area contributed by atoms with E-state index in [1.807, 2.05) is 0 Å². The molecule has 8 heteroatoms. The summed E-state index contributed by atoms with van der Waals surface area (Å²) in [7, 11) is 0. The molecule has 150 valence electrons. The average Bonchev–Trinajstić information content (AvgIpc) is 3.48. The Morgan fingerprint density at radius 1 is 1.21 bits per heavy atom. The topological polar surface area (TPSA) is 50.8 Å². The number of carbonyl (C=O) groups is 1. The number of ether oxygens (including phenoxy) is 2. The van der Waals surface area contributed by atoms with Crippen LogP contribution in [-0.4, -0.2) is 30.2 Å². The van der Waals surface area contributed by atoms with Gasteiger partial charge in [-0.2, -0.15) is 8.78 Å². The van der Waals surface area contributed by atoms with Gasteiger partial charge < -0.3 is 19.7 Å². The molecule has 0 spiro atoms. The number of hydrogen-bond donors (Lipinski definition) is 1. The van der Waals surface area contributed by atoms with Crippen molar-refractivity contribution < 1.29 is 27.4 Å². The standard InChI is InChI=1S/C20H21F3N2O3/c1-2-27-18-11-13(7-10-17(18)28-19(22)23)12-25(14-8-9-14)20(26)24-16-6-4-3-5-15(16)21/h3-7,10-11,14,19H,2,8-9,12H2,1H3,(H,24,26). The van der Waals surface area contributed by atoms with Crippen LogP contribution in [0.2, 0.25) is 0 Å². The van der Waals surface area contributed by atoms with Crippen LogP contribution in [0.3, 0.4) is 0 Å². The molecule has 0 bridgehead atoms. The summed E-state index contributed by atoms with van der Waals surface area (Å²) in [5.41, 5.74) is 0.800. The number of nitrogens with one attached hydrogen (secondary N) is 1. The fourth-order valence-electron chi connectivity index (χ4n) is 2.81. The molecule has 0 aliphatic heterocycles. The van der Waals surface area contributed by atoms with Crippen molar-refractivity contribution in [3.8, 4) is 11.5 Å². The van der Waals surface area contributed by atoms with Crippen LogP contribution in [0.15, 0.2) is 42.5 Å². The van der Waals surface area contributed by atoms with Gasteiger partial charge in [0.05, 0.1) is 12.3 Å². The Hall–Kier alpha value is -2.90. The molecule has 0 aromatic heterocycles. The largest absolute Gasteiger partial charge is 0.490 e. The summed E-state index contributed by atoms with van der Waals surface area (Å²) < 4.78 is 48.7. The third-order valence-corrected chi connectivity index (χ3v) is 4.24. The van der Waals surface area contributed by atoms with E-state index in [4.69, 9.17) is 4.74 Å². The number of urea groups is 1. The number of benzene rings is 2. The summed E-state index contributed by atoms with van der Waals surface area (Å²) in [4.78, 5) is 14.3. The van der Waals surface area contributed by atoms with Gasteiger partial charge in [0.25, 0.3) is 0 Å². The Labute approximate surface area is 161 Å². The zero-order chi connectivity index (χ0) is 20.1. The van der Waals surface area contributed by atoms with E-state index in [9.17, 15) is 18.0 Å². The van der Waals surface area contributed by atoms with Crippen LogP contribution in [0.4, 0.5) is 23.7 Å². The number of carbonyl (C=O) groups excluding carboxylic acids is 1. The molecule has 0 heterocycles. The number of anilines is 1. The molecule has 28 heavy (non-hydrogen) atoms. The highest BCUT2D eigenvalue weighted by Crippen LogP contribution is 2.33. The van der Waals surface area contributed by atoms with Gasteiger partial charge >= 0.3 is 12.6 Å². The highest BCUT2D eigenvalue weighted by molar-refractivity contribution is 5.89. The minimum absolute atomic E-state index is 0.0549. The second-order valence-electron chi connectivity index (χ2n) is 6.36. The van der Waals surface area contributed by atoms with Crippen LogP contribution in [0.5, 0.6) is 11.5 Å². The van der Waals surface area contributed by atoms with E-state index in [2.05, 4.69) is 10.1 Å². The number of nitrogens with zero attached hydrogens (tertiary/aromatic N) is 1. The maximum Gasteiger partial charge on any atom is 0.387 e. The summed E-state index contributed by atoms with van der Waals surface area (Å²) in [5, 5.41) is 2.59. The molecule has 1 aliphatic carbocycles. The van der Waals surface area contributed by atoms with E-state index in [1.54, 1.807) is 36.1 Å². The molecule has 3 rings (SSSR count). The minimum Gasteiger partial charge on any atom is -0.490 e. The highest BCUT2D eigenvalue weighted by atomic mass is 19.3. The van der Waals surface area contributed by atoms with Crippen molar-refractivity contribution in [1.29, 1.82) is 0 Å². The first-order valence-corrected chi connectivity index (χ1v) is 9.00. The molecular formula is C20H21F3N2O3. The molecule has 0 radical (unpaired) electrons. The van der Waals surface area contributed by atoms with Crippen LogP contribution < -0.4 is 14.8 Å². The maximum absolute atomic E-state index is 13.8. The Morgan fingerprint density at radius 2 is 1.96 bits per heavy atom. The third-order valence-electron chi connectivity index (χ3n) is 4.24. The fourth-order valence-corrected chi connectivity index (χ4v) is 2.81. The third kappa shape index (κ3) is 5.09. The Balaban J connectivity index is 1.76. The second-order valence-corrected chi connectivity index (χ2v) is 6.36. The van der Waals surface area contributed by atoms with Crippen LogP contribution in [0.1, 0.15) is 25.3 Å². The molecule has 0 atom stereocenters. The molecule has 1 fully saturated rings. The Morgan fingerprint density at radius 3 is 2.61 bits per heavy atom. The zero-order valence-electron chi connectivity index (χ0n) is 15.3. The summed E-state index contributed by atoms with van der Waals surface area (Å²) in [6, 6.07) is 10.1. The first-order valence-electron chi connectivity index (χ1n) is 9.00. The normalized spacial score (nSPS) is 13.3. The summed E-state index contributed by atoms with van der Waals surface area (Å²) >= 11 is 0. The zero-order valence-corrected chi connectivity index (χ0v) is 15.3. The molecule has 2 amide bonds. The van der Waals surface area contributed by atoms with E-state index in [0.29, 0.717) is 5.56 Å². The van der Waals surface area contributed by atoms with Crippen molar-refractivity contribution >= 4 is 11.7 Å². The van der Waals surface area contributed by atoms with Gasteiger partial charge in [0.2, 0.25) is 0 Å². The molecule has 1 aliphatic rings. The van der Waals surface area contributed by atoms with Gasteiger partial charge in [-0.25, -0.2) is 9.18 Å². The molecule has 0 saturated heterocycles. The van der Waals surface area contributed by atoms with Crippen LogP contribution in [-0.2, 0) is 6.54 Å². The molecule has 1 saturated carbocycles. The molecule has 2 aromatic carbocycles. The lowest BCUT2D eigenvalue weighted by molar-refractivity contribution is -0.0514. The molecular weight excluding hydrogens is 373 g/mol. The van der Waals surface area contributed by atoms with Gasteiger partial charge in [0, 0.05) is 12.6 Å². The van der Waals surface area contributed by atoms with Crippen LogP contribution in [0.25, 0.3) is 0 Å². The van der Waals surface area contributed by atoms with Gasteiger partial charge in [-0.15, -0.1) is 0 Å². The number of alkyl halides is 2. The number of hydrogen-bond acceptors (Lipinski definition) is 3. The molecule has 0 unspecified atom stereocenters. The van der Waals surface area contributed by atoms with E-state index in [1.165, 1.54) is 18.2 Å². The first-order chi connectivity index (χ1) is 13.5. The van der Waals surface area contributed by atoms with Crippen molar-refractivity contribution in [2.45, 2.75) is 39.0 Å². The van der Waals surface area contributed by atoms with E-state index in [0.717, 1.165) is 12.8 Å². The smallest absolute Gasteiger partial charge is 0.387 e. The number of para-hydroxylation sites is 1. The predicted molar refractivity (Wildman–Crippen MR) is 98.2 cm³/mol. The van der Waals surface area contributed by atoms with E-state index in [-0.39, 0.29) is 36.4 Å². The first kappa shape index (κ1) is 19.9. The molecule has 5 nitrogen and oxygen atoms in total. The average molecular weight is 394 g/mol. The van der Waals surface area contributed by atoms with Crippen LogP contribution >= 0.6 is 0 Å². The Kier molecular flexibility index (Phi) is 6.28. The molecule has 2 aromatic rings. The monoisotopic (exact) mass is 394 g/mol. The number of rotatable bonds is 8. The maximum atomic E-state index is 13.8. The fraction of sp³-hybridized carbons (Fsp3) is 0.350. The quantitative estimate of drug-likeness (QED) is 0.684. The van der Waals surface area contributed by atoms with Gasteiger partial charge in [0.1, 0.15) is 5.82 Å². The number of amides is 2. The van der Waals surface area contributed by atoms with Crippen molar-refractivity contribution in [3.63, 3.8) is 0 Å². The summed E-state index contributed by atoms with van der Waals surface area (Å²) in [5.74, 6) is -0.390. The van der Waals surface area contributed by atoms with E-state index >= 15 is 0 Å². The highest BCUT2D eigenvalue weighted by Gasteiger charge is 2.33. The van der Waals surface area contributed by atoms with Crippen molar-refractivity contribution in [2.75, 3.05) is 11.9 Å². The summed E-state index contributed by atoms with van der Waals surface area (Å²) in [6.45, 7) is -0.708. The predicted octanol–water partition coefficient (Wildman–Crippen LogP) is 5.02. The lowest BCUT2D eigenvalue weighted by atomic mass is 10.2. The second kappa shape index (κ2) is 8.86. The van der Waals surface area contributed by atoms with E-state index < -0.39 is 18.5 Å². The number of halogens is 3. The van der Waals surface area contributed by atoms with Gasteiger partial charge in [-0.1, -0.05) is 18.2 Å². The Bertz CT molecular complexity index is 828. The van der Waals surface area contributed by atoms with Crippen molar-refractivity contribution in [1.82, 2.24) is 4.90 Å². The van der Waals surface area contributed by atoms with Crippen LogP contribution in [0, 0.1) is 5.82 Å². The molecule has 1 N–H and O–H groups in total. The lowest BCUT2D eigenvalue weighted by Crippen LogP contribution is -2.36. The van der Waals surface area contributed by atoms with Gasteiger partial charge in [-0.3, -0.25) is 0 Å². The summed E-state index contributed by atoms with van der Waals surface area (Å²) in [6.07, 6.45) is 1.71. The minimum atomic E-state index is -2.96. The van der Waals surface area contributed by atoms with Gasteiger partial charge in [0.15, 0.2) is 11.5 Å². The van der Waals surface area contributed by atoms with Gasteiger partial charge in [-0.05, 0) is 49.6 Å². The van der Waals surface area contributed by atoms with Crippen molar-refractivity contribution in [2.24, 2.45) is 0 Å².